The van der Waals surface area contributed by atoms with Crippen molar-refractivity contribution >= 4 is 23.5 Å². The van der Waals surface area contributed by atoms with E-state index in [0.29, 0.717) is 21.9 Å². The van der Waals surface area contributed by atoms with Gasteiger partial charge < -0.3 is 9.64 Å². The summed E-state index contributed by atoms with van der Waals surface area (Å²) in [5.74, 6) is -1.47. The van der Waals surface area contributed by atoms with Crippen LogP contribution in [0, 0.1) is 5.82 Å². The number of carbonyl (C=O) groups excluding carboxylic acids is 2. The lowest BCUT2D eigenvalue weighted by atomic mass is 9.83. The van der Waals surface area contributed by atoms with Crippen LogP contribution < -0.4 is 0 Å². The lowest BCUT2D eigenvalue weighted by Gasteiger charge is -2.34. The van der Waals surface area contributed by atoms with Gasteiger partial charge in [-0.05, 0) is 42.3 Å². The third-order valence-corrected chi connectivity index (χ3v) is 5.13. The van der Waals surface area contributed by atoms with Crippen molar-refractivity contribution < 1.29 is 18.7 Å². The molecule has 0 radical (unpaired) electrons. The van der Waals surface area contributed by atoms with E-state index >= 15 is 0 Å². The van der Waals surface area contributed by atoms with Crippen molar-refractivity contribution in [2.45, 2.75) is 25.8 Å². The fraction of sp³-hybridized carbons (Fsp3) is 0.217. The molecule has 6 heteroatoms. The second-order valence-corrected chi connectivity index (χ2v) is 7.24. The minimum atomic E-state index is -0.501. The standard InChI is InChI=1S/C23H21ClFNO3/c1-3-11-29-23(28)22-15(2)26(14-16-5-4-6-19(25)12-16)21(27)13-20(22)17-7-9-18(24)10-8-17/h3-10,12,20H,1,11,13-14H2,2H3. The molecule has 1 heterocycles. The third-order valence-electron chi connectivity index (χ3n) is 4.88. The highest BCUT2D eigenvalue weighted by atomic mass is 35.5. The quantitative estimate of drug-likeness (QED) is 0.494. The topological polar surface area (TPSA) is 46.6 Å². The average molecular weight is 414 g/mol. The van der Waals surface area contributed by atoms with Crippen molar-refractivity contribution in [3.63, 3.8) is 0 Å². The van der Waals surface area contributed by atoms with Crippen molar-refractivity contribution in [1.82, 2.24) is 4.90 Å². The Hall–Kier alpha value is -2.92. The average Bonchev–Trinajstić information content (AvgIpc) is 2.69. The van der Waals surface area contributed by atoms with E-state index in [9.17, 15) is 14.0 Å². The lowest BCUT2D eigenvalue weighted by Crippen LogP contribution is -2.38. The van der Waals surface area contributed by atoms with E-state index in [1.807, 2.05) is 0 Å². The molecule has 0 aliphatic carbocycles. The SMILES string of the molecule is C=CCOC(=O)C1=C(C)N(Cc2cccc(F)c2)C(=O)CC1c1ccc(Cl)cc1. The van der Waals surface area contributed by atoms with Crippen molar-refractivity contribution in [2.24, 2.45) is 0 Å². The molecule has 1 aliphatic heterocycles. The first-order valence-corrected chi connectivity index (χ1v) is 9.57. The molecule has 0 bridgehead atoms. The Morgan fingerprint density at radius 3 is 2.69 bits per heavy atom. The van der Waals surface area contributed by atoms with Gasteiger partial charge in [-0.3, -0.25) is 4.79 Å². The van der Waals surface area contributed by atoms with Crippen LogP contribution in [0.15, 0.2) is 72.5 Å². The summed E-state index contributed by atoms with van der Waals surface area (Å²) in [6.45, 7) is 5.52. The minimum absolute atomic E-state index is 0.0702. The summed E-state index contributed by atoms with van der Waals surface area (Å²) in [5.41, 5.74) is 2.35. The molecule has 150 valence electrons. The molecule has 0 saturated heterocycles. The normalized spacial score (nSPS) is 16.7. The number of hydrogen-bond donors (Lipinski definition) is 0. The molecule has 0 fully saturated rings. The number of rotatable bonds is 6. The number of nitrogens with zero attached hydrogens (tertiary/aromatic N) is 1. The zero-order valence-corrected chi connectivity index (χ0v) is 16.8. The summed E-state index contributed by atoms with van der Waals surface area (Å²) < 4.78 is 18.9. The van der Waals surface area contributed by atoms with Gasteiger partial charge in [-0.25, -0.2) is 9.18 Å². The zero-order chi connectivity index (χ0) is 21.0. The van der Waals surface area contributed by atoms with Crippen molar-refractivity contribution in [2.75, 3.05) is 6.61 Å². The molecular formula is C23H21ClFNO3. The minimum Gasteiger partial charge on any atom is -0.458 e. The number of halogens is 2. The van der Waals surface area contributed by atoms with Crippen LogP contribution in [-0.2, 0) is 20.9 Å². The van der Waals surface area contributed by atoms with E-state index in [0.717, 1.165) is 5.56 Å². The van der Waals surface area contributed by atoms with Crippen molar-refractivity contribution in [1.29, 1.82) is 0 Å². The number of esters is 1. The van der Waals surface area contributed by atoms with Crippen LogP contribution >= 0.6 is 11.6 Å². The summed E-state index contributed by atoms with van der Waals surface area (Å²) in [6, 6.07) is 13.1. The van der Waals surface area contributed by atoms with Crippen LogP contribution in [0.2, 0.25) is 5.02 Å². The smallest absolute Gasteiger partial charge is 0.336 e. The Labute approximate surface area is 174 Å². The van der Waals surface area contributed by atoms with Gasteiger partial charge in [0.05, 0.1) is 12.1 Å². The van der Waals surface area contributed by atoms with Crippen molar-refractivity contribution in [3.8, 4) is 0 Å². The van der Waals surface area contributed by atoms with Crippen LogP contribution in [0.5, 0.6) is 0 Å². The molecule has 3 rings (SSSR count). The molecule has 1 unspecified atom stereocenters. The zero-order valence-electron chi connectivity index (χ0n) is 16.0. The number of benzene rings is 2. The maximum atomic E-state index is 13.6. The number of allylic oxidation sites excluding steroid dienone is 1. The molecule has 1 aliphatic rings. The number of carbonyl (C=O) groups is 2. The lowest BCUT2D eigenvalue weighted by molar-refractivity contribution is -0.139. The fourth-order valence-corrected chi connectivity index (χ4v) is 3.60. The predicted octanol–water partition coefficient (Wildman–Crippen LogP) is 5.00. The molecule has 29 heavy (non-hydrogen) atoms. The van der Waals surface area contributed by atoms with Gasteiger partial charge in [-0.1, -0.05) is 48.5 Å². The molecule has 0 saturated carbocycles. The highest BCUT2D eigenvalue weighted by molar-refractivity contribution is 6.30. The van der Waals surface area contributed by atoms with Gasteiger partial charge in [0, 0.05) is 23.1 Å². The summed E-state index contributed by atoms with van der Waals surface area (Å²) in [4.78, 5) is 27.3. The molecule has 0 N–H and O–H groups in total. The molecule has 1 atom stereocenters. The van der Waals surface area contributed by atoms with E-state index in [-0.39, 0.29) is 31.3 Å². The highest BCUT2D eigenvalue weighted by Crippen LogP contribution is 2.38. The van der Waals surface area contributed by atoms with Gasteiger partial charge in [-0.15, -0.1) is 0 Å². The molecule has 0 aromatic heterocycles. The maximum Gasteiger partial charge on any atom is 0.336 e. The van der Waals surface area contributed by atoms with Crippen LogP contribution in [-0.4, -0.2) is 23.4 Å². The third kappa shape index (κ3) is 4.74. The summed E-state index contributed by atoms with van der Waals surface area (Å²) in [6.07, 6.45) is 1.59. The molecule has 0 spiro atoms. The number of hydrogen-bond acceptors (Lipinski definition) is 3. The van der Waals surface area contributed by atoms with Gasteiger partial charge in [0.15, 0.2) is 0 Å². The first kappa shape index (κ1) is 20.8. The van der Waals surface area contributed by atoms with Gasteiger partial charge in [0.2, 0.25) is 5.91 Å². The van der Waals surface area contributed by atoms with E-state index in [4.69, 9.17) is 16.3 Å². The van der Waals surface area contributed by atoms with Gasteiger partial charge >= 0.3 is 5.97 Å². The first-order chi connectivity index (χ1) is 13.9. The van der Waals surface area contributed by atoms with Gasteiger partial charge in [0.25, 0.3) is 0 Å². The van der Waals surface area contributed by atoms with E-state index in [1.54, 1.807) is 43.3 Å². The van der Waals surface area contributed by atoms with E-state index in [2.05, 4.69) is 6.58 Å². The molecule has 4 nitrogen and oxygen atoms in total. The van der Waals surface area contributed by atoms with Gasteiger partial charge in [-0.2, -0.15) is 0 Å². The Kier molecular flexibility index (Phi) is 6.49. The van der Waals surface area contributed by atoms with E-state index < -0.39 is 11.9 Å². The van der Waals surface area contributed by atoms with Crippen LogP contribution in [0.25, 0.3) is 0 Å². The Balaban J connectivity index is 2.01. The Morgan fingerprint density at radius 1 is 1.31 bits per heavy atom. The highest BCUT2D eigenvalue weighted by Gasteiger charge is 2.36. The maximum absolute atomic E-state index is 13.6. The van der Waals surface area contributed by atoms with Crippen LogP contribution in [0.3, 0.4) is 0 Å². The summed E-state index contributed by atoms with van der Waals surface area (Å²) in [5, 5.41) is 0.570. The Morgan fingerprint density at radius 2 is 2.03 bits per heavy atom. The fourth-order valence-electron chi connectivity index (χ4n) is 3.48. The second kappa shape index (κ2) is 9.05. The molecule has 1 amide bonds. The van der Waals surface area contributed by atoms with Crippen LogP contribution in [0.1, 0.15) is 30.4 Å². The second-order valence-electron chi connectivity index (χ2n) is 6.80. The Bertz CT molecular complexity index is 968. The summed E-state index contributed by atoms with van der Waals surface area (Å²) in [7, 11) is 0. The molecule has 2 aromatic carbocycles. The monoisotopic (exact) mass is 413 g/mol. The van der Waals surface area contributed by atoms with E-state index in [1.165, 1.54) is 23.1 Å². The number of amides is 1. The predicted molar refractivity (Wildman–Crippen MR) is 110 cm³/mol. The molecular weight excluding hydrogens is 393 g/mol. The molecule has 2 aromatic rings. The van der Waals surface area contributed by atoms with Gasteiger partial charge in [0.1, 0.15) is 12.4 Å². The van der Waals surface area contributed by atoms with Crippen LogP contribution in [0.4, 0.5) is 4.39 Å². The first-order valence-electron chi connectivity index (χ1n) is 9.19. The summed E-state index contributed by atoms with van der Waals surface area (Å²) >= 11 is 5.98. The number of ether oxygens (including phenoxy) is 1. The van der Waals surface area contributed by atoms with Crippen molar-refractivity contribution in [3.05, 3.63) is 94.4 Å². The largest absolute Gasteiger partial charge is 0.458 e.